The molecule has 0 N–H and O–H groups in total. The topological polar surface area (TPSA) is 26.8 Å². The van der Waals surface area contributed by atoms with Crippen molar-refractivity contribution in [2.24, 2.45) is 0 Å². The molecule has 0 bridgehead atoms. The van der Waals surface area contributed by atoms with Gasteiger partial charge < -0.3 is 9.80 Å². The molecule has 15 heavy (non-hydrogen) atoms. The van der Waals surface area contributed by atoms with Crippen LogP contribution in [-0.4, -0.2) is 73.5 Å². The minimum absolute atomic E-state index is 0.253. The summed E-state index contributed by atoms with van der Waals surface area (Å²) in [4.78, 5) is 18.1. The summed E-state index contributed by atoms with van der Waals surface area (Å²) >= 11 is 0. The molecule has 0 aromatic carbocycles. The zero-order chi connectivity index (χ0) is 11.4. The van der Waals surface area contributed by atoms with Crippen LogP contribution in [-0.2, 0) is 4.79 Å². The van der Waals surface area contributed by atoms with Gasteiger partial charge in [0.1, 0.15) is 0 Å². The summed E-state index contributed by atoms with van der Waals surface area (Å²) < 4.78 is 0. The van der Waals surface area contributed by atoms with Crippen LogP contribution >= 0.6 is 0 Å². The predicted molar refractivity (Wildman–Crippen MR) is 61.8 cm³/mol. The fourth-order valence-corrected chi connectivity index (χ4v) is 1.86. The molecule has 1 rings (SSSR count). The van der Waals surface area contributed by atoms with Crippen molar-refractivity contribution < 1.29 is 4.79 Å². The van der Waals surface area contributed by atoms with Gasteiger partial charge >= 0.3 is 0 Å². The summed E-state index contributed by atoms with van der Waals surface area (Å²) in [6, 6.07) is 0.594. The van der Waals surface area contributed by atoms with Gasteiger partial charge in [-0.1, -0.05) is 0 Å². The fraction of sp³-hybridized carbons (Fsp3) is 0.909. The van der Waals surface area contributed by atoms with E-state index in [1.165, 1.54) is 0 Å². The van der Waals surface area contributed by atoms with E-state index in [9.17, 15) is 4.79 Å². The molecule has 1 fully saturated rings. The van der Waals surface area contributed by atoms with E-state index >= 15 is 0 Å². The summed E-state index contributed by atoms with van der Waals surface area (Å²) in [7, 11) is 3.87. The molecule has 0 unspecified atom stereocenters. The highest BCUT2D eigenvalue weighted by atomic mass is 16.2. The molecule has 4 nitrogen and oxygen atoms in total. The van der Waals surface area contributed by atoms with Crippen LogP contribution in [0.5, 0.6) is 0 Å². The van der Waals surface area contributed by atoms with Crippen molar-refractivity contribution in [3.63, 3.8) is 0 Å². The molecule has 1 heterocycles. The number of nitrogens with zero attached hydrogens (tertiary/aromatic N) is 3. The first-order valence-electron chi connectivity index (χ1n) is 5.67. The molecular formula is C11H23N3O. The number of rotatable bonds is 3. The third-order valence-corrected chi connectivity index (χ3v) is 2.85. The monoisotopic (exact) mass is 213 g/mol. The maximum atomic E-state index is 11.8. The van der Waals surface area contributed by atoms with Crippen molar-refractivity contribution in [3.8, 4) is 0 Å². The lowest BCUT2D eigenvalue weighted by molar-refractivity contribution is -0.133. The molecule has 4 heteroatoms. The summed E-state index contributed by atoms with van der Waals surface area (Å²) in [6.45, 7) is 8.72. The molecule has 1 aliphatic rings. The molecule has 88 valence electrons. The Labute approximate surface area is 92.8 Å². The van der Waals surface area contributed by atoms with Crippen LogP contribution in [0.25, 0.3) is 0 Å². The Hall–Kier alpha value is -0.610. The van der Waals surface area contributed by atoms with Gasteiger partial charge in [-0.3, -0.25) is 9.69 Å². The molecule has 0 spiro atoms. The summed E-state index contributed by atoms with van der Waals surface area (Å²) in [5.74, 6) is 0.253. The summed E-state index contributed by atoms with van der Waals surface area (Å²) in [6.07, 6.45) is 0. The SMILES string of the molecule is CC(C)N1CCN(C(=O)CN(C)C)CC1. The van der Waals surface area contributed by atoms with E-state index in [0.29, 0.717) is 12.6 Å². The molecule has 0 atom stereocenters. The smallest absolute Gasteiger partial charge is 0.236 e. The maximum absolute atomic E-state index is 11.8. The van der Waals surface area contributed by atoms with Crippen molar-refractivity contribution in [1.29, 1.82) is 0 Å². The van der Waals surface area contributed by atoms with Crippen molar-refractivity contribution in [1.82, 2.24) is 14.7 Å². The number of amides is 1. The number of carbonyl (C=O) groups excluding carboxylic acids is 1. The Morgan fingerprint density at radius 2 is 1.73 bits per heavy atom. The van der Waals surface area contributed by atoms with E-state index in [4.69, 9.17) is 0 Å². The molecule has 0 saturated carbocycles. The Morgan fingerprint density at radius 3 is 2.13 bits per heavy atom. The van der Waals surface area contributed by atoms with E-state index in [2.05, 4.69) is 18.7 Å². The average molecular weight is 213 g/mol. The van der Waals surface area contributed by atoms with Gasteiger partial charge in [-0.2, -0.15) is 0 Å². The lowest BCUT2D eigenvalue weighted by atomic mass is 10.2. The quantitative estimate of drug-likeness (QED) is 0.665. The lowest BCUT2D eigenvalue weighted by Gasteiger charge is -2.37. The molecular weight excluding hydrogens is 190 g/mol. The highest BCUT2D eigenvalue weighted by molar-refractivity contribution is 5.78. The first-order valence-corrected chi connectivity index (χ1v) is 5.67. The van der Waals surface area contributed by atoms with Crippen LogP contribution in [0.2, 0.25) is 0 Å². The van der Waals surface area contributed by atoms with Gasteiger partial charge in [-0.15, -0.1) is 0 Å². The van der Waals surface area contributed by atoms with Crippen molar-refractivity contribution in [2.75, 3.05) is 46.8 Å². The van der Waals surface area contributed by atoms with Gasteiger partial charge in [-0.25, -0.2) is 0 Å². The van der Waals surface area contributed by atoms with Crippen LogP contribution in [0.15, 0.2) is 0 Å². The third-order valence-electron chi connectivity index (χ3n) is 2.85. The lowest BCUT2D eigenvalue weighted by Crippen LogP contribution is -2.52. The first-order chi connectivity index (χ1) is 7.00. The standard InChI is InChI=1S/C11H23N3O/c1-10(2)13-5-7-14(8-6-13)11(15)9-12(3)4/h10H,5-9H2,1-4H3. The first kappa shape index (κ1) is 12.5. The Bertz CT molecular complexity index is 208. The minimum Gasteiger partial charge on any atom is -0.339 e. The molecule has 1 amide bonds. The Kier molecular flexibility index (Phi) is 4.54. The van der Waals surface area contributed by atoms with Gasteiger partial charge in [0.05, 0.1) is 6.54 Å². The van der Waals surface area contributed by atoms with E-state index in [1.807, 2.05) is 23.9 Å². The van der Waals surface area contributed by atoms with Gasteiger partial charge in [0.2, 0.25) is 5.91 Å². The minimum atomic E-state index is 0.253. The number of hydrogen-bond acceptors (Lipinski definition) is 3. The second kappa shape index (κ2) is 5.47. The van der Waals surface area contributed by atoms with Crippen LogP contribution < -0.4 is 0 Å². The fourth-order valence-electron chi connectivity index (χ4n) is 1.86. The predicted octanol–water partition coefficient (Wildman–Crippen LogP) is 0.101. The van der Waals surface area contributed by atoms with Crippen molar-refractivity contribution in [2.45, 2.75) is 19.9 Å². The van der Waals surface area contributed by atoms with Gasteiger partial charge in [0, 0.05) is 32.2 Å². The summed E-state index contributed by atoms with van der Waals surface area (Å²) in [5, 5.41) is 0. The number of piperazine rings is 1. The zero-order valence-corrected chi connectivity index (χ0v) is 10.4. The van der Waals surface area contributed by atoms with Crippen molar-refractivity contribution in [3.05, 3.63) is 0 Å². The molecule has 0 aromatic rings. The van der Waals surface area contributed by atoms with Crippen LogP contribution in [0.4, 0.5) is 0 Å². The molecule has 1 aliphatic heterocycles. The van der Waals surface area contributed by atoms with Crippen LogP contribution in [0, 0.1) is 0 Å². The number of carbonyl (C=O) groups is 1. The van der Waals surface area contributed by atoms with Crippen LogP contribution in [0.3, 0.4) is 0 Å². The largest absolute Gasteiger partial charge is 0.339 e. The Morgan fingerprint density at radius 1 is 1.20 bits per heavy atom. The maximum Gasteiger partial charge on any atom is 0.236 e. The van der Waals surface area contributed by atoms with E-state index in [0.717, 1.165) is 26.2 Å². The molecule has 0 radical (unpaired) electrons. The van der Waals surface area contributed by atoms with E-state index < -0.39 is 0 Å². The summed E-state index contributed by atoms with van der Waals surface area (Å²) in [5.41, 5.74) is 0. The number of hydrogen-bond donors (Lipinski definition) is 0. The molecule has 0 aliphatic carbocycles. The molecule has 0 aromatic heterocycles. The second-order valence-electron chi connectivity index (χ2n) is 4.75. The Balaban J connectivity index is 2.34. The molecule has 1 saturated heterocycles. The van der Waals surface area contributed by atoms with Gasteiger partial charge in [0.15, 0.2) is 0 Å². The van der Waals surface area contributed by atoms with E-state index in [1.54, 1.807) is 0 Å². The normalized spacial score (nSPS) is 18.9. The van der Waals surface area contributed by atoms with Gasteiger partial charge in [-0.05, 0) is 27.9 Å². The number of likely N-dealkylation sites (N-methyl/N-ethyl adjacent to an activating group) is 1. The highest BCUT2D eigenvalue weighted by Crippen LogP contribution is 2.05. The van der Waals surface area contributed by atoms with E-state index in [-0.39, 0.29) is 5.91 Å². The second-order valence-corrected chi connectivity index (χ2v) is 4.75. The zero-order valence-electron chi connectivity index (χ0n) is 10.4. The van der Waals surface area contributed by atoms with Gasteiger partial charge in [0.25, 0.3) is 0 Å². The third kappa shape index (κ3) is 3.80. The highest BCUT2D eigenvalue weighted by Gasteiger charge is 2.22. The van der Waals surface area contributed by atoms with Crippen molar-refractivity contribution >= 4 is 5.91 Å². The average Bonchev–Trinajstić information content (AvgIpc) is 2.17. The van der Waals surface area contributed by atoms with Crippen LogP contribution in [0.1, 0.15) is 13.8 Å².